The Morgan fingerprint density at radius 2 is 1.80 bits per heavy atom. The molecule has 2 saturated carbocycles. The van der Waals surface area contributed by atoms with Crippen molar-refractivity contribution in [2.24, 2.45) is 5.92 Å². The van der Waals surface area contributed by atoms with Crippen LogP contribution in [0.3, 0.4) is 0 Å². The minimum Gasteiger partial charge on any atom is -0.493 e. The van der Waals surface area contributed by atoms with Crippen LogP contribution >= 0.6 is 0 Å². The Morgan fingerprint density at radius 1 is 1.03 bits per heavy atom. The smallest absolute Gasteiger partial charge is 0.223 e. The lowest BCUT2D eigenvalue weighted by atomic mass is 9.95. The van der Waals surface area contributed by atoms with Gasteiger partial charge in [-0.1, -0.05) is 18.2 Å². The van der Waals surface area contributed by atoms with E-state index in [1.165, 1.54) is 18.4 Å². The molecule has 1 amide bonds. The fourth-order valence-corrected chi connectivity index (χ4v) is 4.72. The average molecular weight is 409 g/mol. The second-order valence-electron chi connectivity index (χ2n) is 8.60. The quantitative estimate of drug-likeness (QED) is 0.646. The van der Waals surface area contributed by atoms with Crippen molar-refractivity contribution in [1.82, 2.24) is 5.32 Å². The summed E-state index contributed by atoms with van der Waals surface area (Å²) in [4.78, 5) is 12.7. The maximum Gasteiger partial charge on any atom is 0.223 e. The predicted molar refractivity (Wildman–Crippen MR) is 119 cm³/mol. The van der Waals surface area contributed by atoms with Crippen molar-refractivity contribution in [1.29, 1.82) is 0 Å². The lowest BCUT2D eigenvalue weighted by Crippen LogP contribution is -2.28. The van der Waals surface area contributed by atoms with E-state index in [0.717, 1.165) is 54.9 Å². The van der Waals surface area contributed by atoms with E-state index in [4.69, 9.17) is 15.2 Å². The molecular weight excluding hydrogens is 376 g/mol. The SMILES string of the molecule is COc1ccc(C2CCC(C(=O)NCc3ccc(N)cc3)C2)cc1OC1CCCC1. The first kappa shape index (κ1) is 20.6. The van der Waals surface area contributed by atoms with Crippen molar-refractivity contribution in [2.75, 3.05) is 12.8 Å². The van der Waals surface area contributed by atoms with Gasteiger partial charge in [-0.15, -0.1) is 0 Å². The first-order chi connectivity index (χ1) is 14.6. The van der Waals surface area contributed by atoms with Crippen LogP contribution in [0.25, 0.3) is 0 Å². The number of benzene rings is 2. The fraction of sp³-hybridized carbons (Fsp3) is 0.480. The molecule has 2 unspecified atom stereocenters. The summed E-state index contributed by atoms with van der Waals surface area (Å²) in [5.74, 6) is 2.23. The summed E-state index contributed by atoms with van der Waals surface area (Å²) in [6.45, 7) is 0.544. The second-order valence-corrected chi connectivity index (χ2v) is 8.60. The lowest BCUT2D eigenvalue weighted by molar-refractivity contribution is -0.125. The van der Waals surface area contributed by atoms with Crippen LogP contribution in [0.5, 0.6) is 11.5 Å². The summed E-state index contributed by atoms with van der Waals surface area (Å²) < 4.78 is 11.8. The molecule has 2 aliphatic carbocycles. The molecule has 0 spiro atoms. The van der Waals surface area contributed by atoms with E-state index in [2.05, 4.69) is 17.4 Å². The van der Waals surface area contributed by atoms with E-state index in [9.17, 15) is 4.79 Å². The maximum absolute atomic E-state index is 12.7. The zero-order chi connectivity index (χ0) is 20.9. The van der Waals surface area contributed by atoms with E-state index in [1.54, 1.807) is 7.11 Å². The van der Waals surface area contributed by atoms with Gasteiger partial charge in [0.1, 0.15) is 0 Å². The van der Waals surface area contributed by atoms with Gasteiger partial charge in [0.25, 0.3) is 0 Å². The van der Waals surface area contributed by atoms with Crippen molar-refractivity contribution >= 4 is 11.6 Å². The minimum absolute atomic E-state index is 0.0603. The Morgan fingerprint density at radius 3 is 2.53 bits per heavy atom. The molecule has 2 aromatic carbocycles. The number of carbonyl (C=O) groups is 1. The van der Waals surface area contributed by atoms with E-state index < -0.39 is 0 Å². The van der Waals surface area contributed by atoms with Crippen molar-refractivity contribution in [3.05, 3.63) is 53.6 Å². The van der Waals surface area contributed by atoms with E-state index in [-0.39, 0.29) is 11.8 Å². The average Bonchev–Trinajstić information content (AvgIpc) is 3.45. The van der Waals surface area contributed by atoms with Gasteiger partial charge in [0.15, 0.2) is 11.5 Å². The monoisotopic (exact) mass is 408 g/mol. The van der Waals surface area contributed by atoms with Crippen LogP contribution < -0.4 is 20.5 Å². The first-order valence-electron chi connectivity index (χ1n) is 11.1. The summed E-state index contributed by atoms with van der Waals surface area (Å²) in [6, 6.07) is 13.9. The number of nitrogens with one attached hydrogen (secondary N) is 1. The molecule has 3 N–H and O–H groups in total. The third-order valence-corrected chi connectivity index (χ3v) is 6.50. The number of nitrogens with two attached hydrogens (primary N) is 1. The molecule has 160 valence electrons. The Bertz CT molecular complexity index is 859. The van der Waals surface area contributed by atoms with Crippen LogP contribution in [-0.2, 0) is 11.3 Å². The Balaban J connectivity index is 1.36. The highest BCUT2D eigenvalue weighted by molar-refractivity contribution is 5.79. The van der Waals surface area contributed by atoms with Gasteiger partial charge >= 0.3 is 0 Å². The number of carbonyl (C=O) groups excluding carboxylic acids is 1. The van der Waals surface area contributed by atoms with Gasteiger partial charge < -0.3 is 20.5 Å². The number of hydrogen-bond acceptors (Lipinski definition) is 4. The molecular formula is C25H32N2O3. The minimum atomic E-state index is 0.0603. The van der Waals surface area contributed by atoms with Crippen LogP contribution in [0.15, 0.2) is 42.5 Å². The number of amides is 1. The Hall–Kier alpha value is -2.69. The Kier molecular flexibility index (Phi) is 6.46. The molecule has 2 aromatic rings. The normalized spacial score (nSPS) is 21.5. The molecule has 5 nitrogen and oxygen atoms in total. The maximum atomic E-state index is 12.7. The summed E-state index contributed by atoms with van der Waals surface area (Å²) in [5.41, 5.74) is 8.77. The molecule has 0 heterocycles. The second kappa shape index (κ2) is 9.41. The van der Waals surface area contributed by atoms with Gasteiger partial charge in [-0.25, -0.2) is 0 Å². The molecule has 0 radical (unpaired) electrons. The van der Waals surface area contributed by atoms with Gasteiger partial charge in [0.05, 0.1) is 13.2 Å². The molecule has 4 rings (SSSR count). The summed E-state index contributed by atoms with van der Waals surface area (Å²) in [6.07, 6.45) is 7.83. The van der Waals surface area contributed by atoms with Crippen LogP contribution in [0.4, 0.5) is 5.69 Å². The summed E-state index contributed by atoms with van der Waals surface area (Å²) >= 11 is 0. The number of hydrogen-bond donors (Lipinski definition) is 2. The zero-order valence-corrected chi connectivity index (χ0v) is 17.7. The zero-order valence-electron chi connectivity index (χ0n) is 17.7. The molecule has 2 fully saturated rings. The molecule has 2 atom stereocenters. The largest absolute Gasteiger partial charge is 0.493 e. The molecule has 2 aliphatic rings. The van der Waals surface area contributed by atoms with Gasteiger partial charge in [0, 0.05) is 18.2 Å². The number of ether oxygens (including phenoxy) is 2. The number of nitrogen functional groups attached to an aromatic ring is 1. The molecule has 30 heavy (non-hydrogen) atoms. The number of rotatable bonds is 7. The number of anilines is 1. The molecule has 0 saturated heterocycles. The highest BCUT2D eigenvalue weighted by atomic mass is 16.5. The third-order valence-electron chi connectivity index (χ3n) is 6.50. The van der Waals surface area contributed by atoms with E-state index >= 15 is 0 Å². The summed E-state index contributed by atoms with van der Waals surface area (Å²) in [7, 11) is 1.69. The van der Waals surface area contributed by atoms with E-state index in [0.29, 0.717) is 18.6 Å². The van der Waals surface area contributed by atoms with Crippen molar-refractivity contribution in [3.8, 4) is 11.5 Å². The highest BCUT2D eigenvalue weighted by Gasteiger charge is 2.31. The molecule has 5 heteroatoms. The topological polar surface area (TPSA) is 73.6 Å². The molecule has 0 aliphatic heterocycles. The van der Waals surface area contributed by atoms with Crippen LogP contribution in [0.2, 0.25) is 0 Å². The lowest BCUT2D eigenvalue weighted by Gasteiger charge is -2.19. The van der Waals surface area contributed by atoms with Gasteiger partial charge in [-0.3, -0.25) is 4.79 Å². The van der Waals surface area contributed by atoms with Crippen LogP contribution in [0, 0.1) is 5.92 Å². The van der Waals surface area contributed by atoms with Gasteiger partial charge in [0.2, 0.25) is 5.91 Å². The van der Waals surface area contributed by atoms with Crippen LogP contribution in [0.1, 0.15) is 62.0 Å². The first-order valence-corrected chi connectivity index (χ1v) is 11.1. The third kappa shape index (κ3) is 4.89. The predicted octanol–water partition coefficient (Wildman–Crippen LogP) is 4.80. The number of methoxy groups -OCH3 is 1. The molecule has 0 aromatic heterocycles. The standard InChI is InChI=1S/C25H32N2O3/c1-29-23-13-10-19(15-24(23)30-22-4-2-3-5-22)18-8-9-20(14-18)25(28)27-16-17-6-11-21(26)12-7-17/h6-7,10-13,15,18,20,22H,2-5,8-9,14,16,26H2,1H3,(H,27,28). The van der Waals surface area contributed by atoms with Gasteiger partial charge in [-0.05, 0) is 86.3 Å². The Labute approximate surface area is 178 Å². The summed E-state index contributed by atoms with van der Waals surface area (Å²) in [5, 5.41) is 3.09. The fourth-order valence-electron chi connectivity index (χ4n) is 4.72. The highest BCUT2D eigenvalue weighted by Crippen LogP contribution is 2.42. The van der Waals surface area contributed by atoms with E-state index in [1.807, 2.05) is 30.3 Å². The van der Waals surface area contributed by atoms with Crippen molar-refractivity contribution in [3.63, 3.8) is 0 Å². The van der Waals surface area contributed by atoms with Crippen molar-refractivity contribution in [2.45, 2.75) is 63.5 Å². The molecule has 0 bridgehead atoms. The van der Waals surface area contributed by atoms with Crippen LogP contribution in [-0.4, -0.2) is 19.1 Å². The van der Waals surface area contributed by atoms with Gasteiger partial charge in [-0.2, -0.15) is 0 Å². The van der Waals surface area contributed by atoms with Crippen molar-refractivity contribution < 1.29 is 14.3 Å².